The number of aryl methyl sites for hydroxylation is 1. The molecule has 24 heavy (non-hydrogen) atoms. The van der Waals surface area contributed by atoms with Gasteiger partial charge < -0.3 is 0 Å². The van der Waals surface area contributed by atoms with Crippen LogP contribution in [-0.2, 0) is 0 Å². The van der Waals surface area contributed by atoms with E-state index in [0.29, 0.717) is 0 Å². The zero-order valence-electron chi connectivity index (χ0n) is 13.4. The van der Waals surface area contributed by atoms with E-state index in [9.17, 15) is 0 Å². The van der Waals surface area contributed by atoms with Crippen molar-refractivity contribution in [2.75, 3.05) is 0 Å². The van der Waals surface area contributed by atoms with Gasteiger partial charge in [-0.2, -0.15) is 0 Å². The van der Waals surface area contributed by atoms with Crippen molar-refractivity contribution in [3.05, 3.63) is 84.7 Å². The smallest absolute Gasteiger partial charge is 0.145 e. The van der Waals surface area contributed by atoms with Crippen molar-refractivity contribution in [2.24, 2.45) is 0 Å². The van der Waals surface area contributed by atoms with Gasteiger partial charge in [-0.25, -0.2) is 4.98 Å². The predicted octanol–water partition coefficient (Wildman–Crippen LogP) is 5.62. The number of benzene rings is 3. The van der Waals surface area contributed by atoms with Gasteiger partial charge >= 0.3 is 0 Å². The highest BCUT2D eigenvalue weighted by molar-refractivity contribution is 6.12. The molecule has 0 spiro atoms. The zero-order valence-corrected chi connectivity index (χ0v) is 13.4. The summed E-state index contributed by atoms with van der Waals surface area (Å²) in [4.78, 5) is 4.55. The lowest BCUT2D eigenvalue weighted by atomic mass is 9.99. The van der Waals surface area contributed by atoms with Crippen LogP contribution in [0.5, 0.6) is 0 Å². The van der Waals surface area contributed by atoms with Gasteiger partial charge in [0.05, 0.1) is 5.52 Å². The Morgan fingerprint density at radius 1 is 0.750 bits per heavy atom. The fraction of sp³-hybridized carbons (Fsp3) is 0.0455. The quantitative estimate of drug-likeness (QED) is 0.368. The summed E-state index contributed by atoms with van der Waals surface area (Å²) in [6, 6.07) is 23.9. The molecule has 2 heteroatoms. The molecule has 0 N–H and O–H groups in total. The standard InChI is InChI=1S/C22H16N2/c1-15-6-8-16(9-7-15)17-10-11-21-20(14-17)18-4-2-3-5-19(18)22-23-12-13-24(21)22/h2-14H,1H3. The second kappa shape index (κ2) is 4.93. The maximum absolute atomic E-state index is 4.55. The Morgan fingerprint density at radius 3 is 2.33 bits per heavy atom. The molecule has 0 radical (unpaired) electrons. The molecular weight excluding hydrogens is 292 g/mol. The van der Waals surface area contributed by atoms with E-state index in [1.54, 1.807) is 0 Å². The highest BCUT2D eigenvalue weighted by Crippen LogP contribution is 2.32. The fourth-order valence-corrected chi connectivity index (χ4v) is 3.50. The summed E-state index contributed by atoms with van der Waals surface area (Å²) in [5.74, 6) is 0. The van der Waals surface area contributed by atoms with Crippen molar-refractivity contribution in [3.8, 4) is 11.1 Å². The molecule has 0 aliphatic rings. The number of hydrogen-bond acceptors (Lipinski definition) is 1. The Hall–Kier alpha value is -3.13. The van der Waals surface area contributed by atoms with Crippen molar-refractivity contribution in [1.29, 1.82) is 0 Å². The van der Waals surface area contributed by atoms with E-state index in [-0.39, 0.29) is 0 Å². The molecule has 0 aliphatic heterocycles. The Labute approximate surface area is 140 Å². The van der Waals surface area contributed by atoms with E-state index < -0.39 is 0 Å². The topological polar surface area (TPSA) is 17.3 Å². The van der Waals surface area contributed by atoms with Gasteiger partial charge in [-0.15, -0.1) is 0 Å². The van der Waals surface area contributed by atoms with Gasteiger partial charge in [-0.05, 0) is 35.6 Å². The molecule has 2 nitrogen and oxygen atoms in total. The largest absolute Gasteiger partial charge is 0.299 e. The second-order valence-electron chi connectivity index (χ2n) is 6.26. The maximum Gasteiger partial charge on any atom is 0.145 e. The van der Waals surface area contributed by atoms with Crippen LogP contribution < -0.4 is 0 Å². The minimum atomic E-state index is 1.01. The minimum absolute atomic E-state index is 1.01. The van der Waals surface area contributed by atoms with Crippen LogP contribution in [0.2, 0.25) is 0 Å². The molecule has 0 fully saturated rings. The van der Waals surface area contributed by atoms with Gasteiger partial charge in [0, 0.05) is 23.2 Å². The first-order chi connectivity index (χ1) is 11.8. The summed E-state index contributed by atoms with van der Waals surface area (Å²) in [5.41, 5.74) is 5.98. The number of pyridine rings is 1. The van der Waals surface area contributed by atoms with E-state index >= 15 is 0 Å². The molecule has 3 aromatic carbocycles. The van der Waals surface area contributed by atoms with Gasteiger partial charge in [0.25, 0.3) is 0 Å². The van der Waals surface area contributed by atoms with Crippen LogP contribution in [0.4, 0.5) is 0 Å². The Morgan fingerprint density at radius 2 is 1.50 bits per heavy atom. The predicted molar refractivity (Wildman–Crippen MR) is 100 cm³/mol. The lowest BCUT2D eigenvalue weighted by molar-refractivity contribution is 1.27. The molecule has 2 heterocycles. The van der Waals surface area contributed by atoms with Crippen LogP contribution in [-0.4, -0.2) is 9.38 Å². The molecule has 0 atom stereocenters. The minimum Gasteiger partial charge on any atom is -0.299 e. The summed E-state index contributed by atoms with van der Waals surface area (Å²) in [7, 11) is 0. The highest BCUT2D eigenvalue weighted by Gasteiger charge is 2.09. The number of rotatable bonds is 1. The lowest BCUT2D eigenvalue weighted by Gasteiger charge is -2.10. The summed E-state index contributed by atoms with van der Waals surface area (Å²) < 4.78 is 2.18. The van der Waals surface area contributed by atoms with Crippen molar-refractivity contribution in [3.63, 3.8) is 0 Å². The van der Waals surface area contributed by atoms with Crippen LogP contribution in [0.25, 0.3) is 38.4 Å². The normalized spacial score (nSPS) is 11.5. The zero-order chi connectivity index (χ0) is 16.1. The van der Waals surface area contributed by atoms with E-state index in [2.05, 4.69) is 83.0 Å². The highest BCUT2D eigenvalue weighted by atomic mass is 15.0. The molecule has 5 aromatic rings. The summed E-state index contributed by atoms with van der Waals surface area (Å²) >= 11 is 0. The molecule has 0 unspecified atom stereocenters. The van der Waals surface area contributed by atoms with Gasteiger partial charge in [0.1, 0.15) is 5.65 Å². The second-order valence-corrected chi connectivity index (χ2v) is 6.26. The Balaban J connectivity index is 1.90. The maximum atomic E-state index is 4.55. The summed E-state index contributed by atoms with van der Waals surface area (Å²) in [6.45, 7) is 2.12. The molecule has 0 bridgehead atoms. The van der Waals surface area contributed by atoms with Crippen molar-refractivity contribution < 1.29 is 0 Å². The van der Waals surface area contributed by atoms with Gasteiger partial charge in [-0.1, -0.05) is 60.2 Å². The average molecular weight is 308 g/mol. The summed E-state index contributed by atoms with van der Waals surface area (Å²) in [5, 5.41) is 3.70. The molecule has 0 saturated heterocycles. The number of hydrogen-bond donors (Lipinski definition) is 0. The number of nitrogens with zero attached hydrogens (tertiary/aromatic N) is 2. The first-order valence-electron chi connectivity index (χ1n) is 8.16. The monoisotopic (exact) mass is 308 g/mol. The van der Waals surface area contributed by atoms with Gasteiger partial charge in [0.15, 0.2) is 0 Å². The number of fused-ring (bicyclic) bond motifs is 6. The van der Waals surface area contributed by atoms with E-state index in [0.717, 1.165) is 5.65 Å². The first kappa shape index (κ1) is 13.3. The molecule has 2 aromatic heterocycles. The van der Waals surface area contributed by atoms with Crippen LogP contribution in [0.15, 0.2) is 79.1 Å². The molecule has 0 saturated carbocycles. The Bertz CT molecular complexity index is 1200. The van der Waals surface area contributed by atoms with E-state index in [1.807, 2.05) is 12.4 Å². The summed E-state index contributed by atoms with van der Waals surface area (Å²) in [6.07, 6.45) is 3.91. The van der Waals surface area contributed by atoms with Crippen LogP contribution in [0, 0.1) is 6.92 Å². The Kier molecular flexibility index (Phi) is 2.74. The molecule has 0 aliphatic carbocycles. The SMILES string of the molecule is Cc1ccc(-c2ccc3c(c2)c2ccccc2c2nccn32)cc1. The van der Waals surface area contributed by atoms with Crippen molar-refractivity contribution in [1.82, 2.24) is 9.38 Å². The van der Waals surface area contributed by atoms with E-state index in [1.165, 1.54) is 38.4 Å². The van der Waals surface area contributed by atoms with Crippen LogP contribution >= 0.6 is 0 Å². The number of aromatic nitrogens is 2. The molecule has 0 amide bonds. The third kappa shape index (κ3) is 1.86. The molecule has 5 rings (SSSR count). The van der Waals surface area contributed by atoms with Crippen LogP contribution in [0.3, 0.4) is 0 Å². The van der Waals surface area contributed by atoms with Crippen molar-refractivity contribution in [2.45, 2.75) is 6.92 Å². The van der Waals surface area contributed by atoms with Crippen LogP contribution in [0.1, 0.15) is 5.56 Å². The third-order valence-corrected chi connectivity index (χ3v) is 4.74. The third-order valence-electron chi connectivity index (χ3n) is 4.74. The number of imidazole rings is 1. The van der Waals surface area contributed by atoms with Gasteiger partial charge in [0.2, 0.25) is 0 Å². The van der Waals surface area contributed by atoms with Gasteiger partial charge in [-0.3, -0.25) is 4.40 Å². The average Bonchev–Trinajstić information content (AvgIpc) is 3.12. The van der Waals surface area contributed by atoms with Crippen molar-refractivity contribution >= 4 is 27.3 Å². The first-order valence-corrected chi connectivity index (χ1v) is 8.16. The fourth-order valence-electron chi connectivity index (χ4n) is 3.50. The lowest BCUT2D eigenvalue weighted by Crippen LogP contribution is -1.91. The molecular formula is C22H16N2. The van der Waals surface area contributed by atoms with E-state index in [4.69, 9.17) is 0 Å². The molecule has 114 valence electrons.